The van der Waals surface area contributed by atoms with Gasteiger partial charge in [0.1, 0.15) is 5.69 Å². The normalized spacial score (nSPS) is 10.8. The molecule has 3 rings (SSSR count). The molecule has 2 aromatic heterocycles. The molecule has 23 heavy (non-hydrogen) atoms. The van der Waals surface area contributed by atoms with Crippen LogP contribution in [-0.4, -0.2) is 25.2 Å². The van der Waals surface area contributed by atoms with Crippen molar-refractivity contribution in [1.82, 2.24) is 14.1 Å². The van der Waals surface area contributed by atoms with E-state index in [0.717, 1.165) is 10.1 Å². The number of hydrogen-bond acceptors (Lipinski definition) is 4. The van der Waals surface area contributed by atoms with Crippen molar-refractivity contribution in [3.63, 3.8) is 0 Å². The number of nitrogens with zero attached hydrogens (tertiary/aromatic N) is 3. The van der Waals surface area contributed by atoms with Gasteiger partial charge in [-0.2, -0.15) is 0 Å². The third kappa shape index (κ3) is 2.52. The smallest absolute Gasteiger partial charge is 0.354 e. The van der Waals surface area contributed by atoms with Crippen LogP contribution in [-0.2, 0) is 13.6 Å². The fraction of sp³-hybridized carbons (Fsp3) is 0.125. The van der Waals surface area contributed by atoms with Gasteiger partial charge in [0.2, 0.25) is 0 Å². The van der Waals surface area contributed by atoms with E-state index >= 15 is 0 Å². The van der Waals surface area contributed by atoms with Crippen molar-refractivity contribution < 1.29 is 9.90 Å². The third-order valence-corrected chi connectivity index (χ3v) is 3.64. The van der Waals surface area contributed by atoms with E-state index < -0.39 is 17.2 Å². The van der Waals surface area contributed by atoms with Gasteiger partial charge < -0.3 is 5.11 Å². The molecule has 0 saturated heterocycles. The number of pyridine rings is 1. The number of carboxylic acids is 1. The summed E-state index contributed by atoms with van der Waals surface area (Å²) in [4.78, 5) is 39.8. The average molecular weight is 311 g/mol. The molecule has 0 aliphatic rings. The number of fused-ring (bicyclic) bond motifs is 1. The lowest BCUT2D eigenvalue weighted by Gasteiger charge is -2.10. The lowest BCUT2D eigenvalue weighted by molar-refractivity contribution is 0.0690. The van der Waals surface area contributed by atoms with Crippen LogP contribution < -0.4 is 11.2 Å². The predicted molar refractivity (Wildman–Crippen MR) is 83.7 cm³/mol. The van der Waals surface area contributed by atoms with E-state index in [1.165, 1.54) is 23.9 Å². The Kier molecular flexibility index (Phi) is 3.53. The highest BCUT2D eigenvalue weighted by molar-refractivity contribution is 5.90. The number of carbonyl (C=O) groups is 1. The van der Waals surface area contributed by atoms with Gasteiger partial charge in [-0.1, -0.05) is 30.3 Å². The second-order valence-corrected chi connectivity index (χ2v) is 5.11. The van der Waals surface area contributed by atoms with Gasteiger partial charge in [-0.05, 0) is 11.6 Å². The van der Waals surface area contributed by atoms with Crippen molar-refractivity contribution >= 4 is 16.9 Å². The lowest BCUT2D eigenvalue weighted by atomic mass is 10.2. The number of carboxylic acid groups (broad SMARTS) is 1. The molecule has 0 unspecified atom stereocenters. The number of aromatic nitrogens is 3. The Morgan fingerprint density at radius 3 is 2.57 bits per heavy atom. The zero-order chi connectivity index (χ0) is 16.6. The van der Waals surface area contributed by atoms with Crippen LogP contribution in [0.5, 0.6) is 0 Å². The van der Waals surface area contributed by atoms with E-state index in [2.05, 4.69) is 4.98 Å². The van der Waals surface area contributed by atoms with Gasteiger partial charge in [0, 0.05) is 7.05 Å². The Hall–Kier alpha value is -3.22. The molecule has 3 aromatic rings. The number of aryl methyl sites for hydroxylation is 1. The molecule has 7 nitrogen and oxygen atoms in total. The average Bonchev–Trinajstić information content (AvgIpc) is 2.57. The van der Waals surface area contributed by atoms with Gasteiger partial charge in [0.05, 0.1) is 23.6 Å². The molecule has 1 aromatic carbocycles. The van der Waals surface area contributed by atoms with Crippen molar-refractivity contribution in [2.75, 3.05) is 0 Å². The second kappa shape index (κ2) is 5.53. The first-order valence-corrected chi connectivity index (χ1v) is 6.86. The molecule has 2 heterocycles. The molecule has 0 aliphatic heterocycles. The first-order valence-electron chi connectivity index (χ1n) is 6.86. The first kappa shape index (κ1) is 14.7. The topological polar surface area (TPSA) is 94.2 Å². The van der Waals surface area contributed by atoms with Crippen LogP contribution in [0.15, 0.2) is 52.2 Å². The third-order valence-electron chi connectivity index (χ3n) is 3.64. The summed E-state index contributed by atoms with van der Waals surface area (Å²) in [7, 11) is 1.52. The molecular weight excluding hydrogens is 298 g/mol. The summed E-state index contributed by atoms with van der Waals surface area (Å²) in [5.41, 5.74) is -0.138. The van der Waals surface area contributed by atoms with Crippen LogP contribution in [0.25, 0.3) is 10.9 Å². The Morgan fingerprint density at radius 1 is 1.22 bits per heavy atom. The number of aromatic carboxylic acids is 1. The maximum Gasteiger partial charge on any atom is 0.354 e. The van der Waals surface area contributed by atoms with Crippen molar-refractivity contribution in [3.8, 4) is 0 Å². The van der Waals surface area contributed by atoms with E-state index in [1.54, 1.807) is 0 Å². The molecule has 1 N–H and O–H groups in total. The van der Waals surface area contributed by atoms with Gasteiger partial charge in [-0.25, -0.2) is 14.6 Å². The van der Waals surface area contributed by atoms with Crippen molar-refractivity contribution in [2.45, 2.75) is 6.54 Å². The van der Waals surface area contributed by atoms with Gasteiger partial charge in [-0.15, -0.1) is 0 Å². The standard InChI is InChI=1S/C16H13N3O4/c1-18-13-8-17-12(15(21)22)7-11(13)14(20)19(16(18)23)9-10-5-3-2-4-6-10/h2-8H,9H2,1H3,(H,21,22). The number of benzene rings is 1. The molecule has 0 atom stereocenters. The molecule has 0 radical (unpaired) electrons. The van der Waals surface area contributed by atoms with Crippen LogP contribution >= 0.6 is 0 Å². The quantitative estimate of drug-likeness (QED) is 0.773. The highest BCUT2D eigenvalue weighted by Gasteiger charge is 2.14. The van der Waals surface area contributed by atoms with E-state index in [0.29, 0.717) is 5.52 Å². The van der Waals surface area contributed by atoms with Crippen LogP contribution in [0.3, 0.4) is 0 Å². The summed E-state index contributed by atoms with van der Waals surface area (Å²) in [5, 5.41) is 9.17. The van der Waals surface area contributed by atoms with Crippen LogP contribution in [0.2, 0.25) is 0 Å². The Bertz CT molecular complexity index is 1020. The largest absolute Gasteiger partial charge is 0.477 e. The Balaban J connectivity index is 2.28. The Morgan fingerprint density at radius 2 is 1.91 bits per heavy atom. The summed E-state index contributed by atoms with van der Waals surface area (Å²) in [5.74, 6) is -1.23. The SMILES string of the molecule is Cn1c(=O)n(Cc2ccccc2)c(=O)c2cc(C(=O)O)ncc21. The summed E-state index contributed by atoms with van der Waals surface area (Å²) in [6, 6.07) is 10.3. The molecule has 0 amide bonds. The molecule has 7 heteroatoms. The zero-order valence-corrected chi connectivity index (χ0v) is 12.3. The molecule has 0 saturated carbocycles. The van der Waals surface area contributed by atoms with Crippen LogP contribution in [0, 0.1) is 0 Å². The van der Waals surface area contributed by atoms with E-state index in [9.17, 15) is 14.4 Å². The van der Waals surface area contributed by atoms with Crippen molar-refractivity contribution in [1.29, 1.82) is 0 Å². The molecule has 0 fully saturated rings. The predicted octanol–water partition coefficient (Wildman–Crippen LogP) is 0.842. The fourth-order valence-corrected chi connectivity index (χ4v) is 2.43. The van der Waals surface area contributed by atoms with E-state index in [4.69, 9.17) is 5.11 Å². The first-order chi connectivity index (χ1) is 11.0. The summed E-state index contributed by atoms with van der Waals surface area (Å²) < 4.78 is 2.38. The van der Waals surface area contributed by atoms with E-state index in [1.807, 2.05) is 30.3 Å². The minimum Gasteiger partial charge on any atom is -0.477 e. The maximum absolute atomic E-state index is 12.6. The summed E-state index contributed by atoms with van der Waals surface area (Å²) >= 11 is 0. The van der Waals surface area contributed by atoms with Crippen molar-refractivity contribution in [2.24, 2.45) is 7.05 Å². The van der Waals surface area contributed by atoms with Crippen molar-refractivity contribution in [3.05, 3.63) is 74.7 Å². The fourth-order valence-electron chi connectivity index (χ4n) is 2.43. The molecule has 116 valence electrons. The summed E-state index contributed by atoms with van der Waals surface area (Å²) in [6.45, 7) is 0.118. The highest BCUT2D eigenvalue weighted by atomic mass is 16.4. The minimum atomic E-state index is -1.23. The molecule has 0 bridgehead atoms. The van der Waals surface area contributed by atoms with E-state index in [-0.39, 0.29) is 17.6 Å². The number of hydrogen-bond donors (Lipinski definition) is 1. The number of rotatable bonds is 3. The van der Waals surface area contributed by atoms with Gasteiger partial charge >= 0.3 is 11.7 Å². The van der Waals surface area contributed by atoms with Gasteiger partial charge in [0.25, 0.3) is 5.56 Å². The van der Waals surface area contributed by atoms with Crippen LogP contribution in [0.1, 0.15) is 16.1 Å². The van der Waals surface area contributed by atoms with Gasteiger partial charge in [-0.3, -0.25) is 13.9 Å². The van der Waals surface area contributed by atoms with Crippen LogP contribution in [0.4, 0.5) is 0 Å². The minimum absolute atomic E-state index is 0.118. The molecule has 0 spiro atoms. The molecular formula is C16H13N3O4. The highest BCUT2D eigenvalue weighted by Crippen LogP contribution is 2.08. The summed E-state index contributed by atoms with van der Waals surface area (Å²) in [6.07, 6.45) is 1.23. The van der Waals surface area contributed by atoms with Gasteiger partial charge in [0.15, 0.2) is 0 Å². The maximum atomic E-state index is 12.6. The zero-order valence-electron chi connectivity index (χ0n) is 12.3. The lowest BCUT2D eigenvalue weighted by Crippen LogP contribution is -2.39. The molecule has 0 aliphatic carbocycles. The Labute approximate surface area is 130 Å². The second-order valence-electron chi connectivity index (χ2n) is 5.11. The monoisotopic (exact) mass is 311 g/mol.